The van der Waals surface area contributed by atoms with Crippen molar-refractivity contribution in [2.45, 2.75) is 55.5 Å². The number of aromatic nitrogens is 3. The summed E-state index contributed by atoms with van der Waals surface area (Å²) in [6.45, 7) is 2.92. The number of amides is 1. The van der Waals surface area contributed by atoms with Gasteiger partial charge in [0.2, 0.25) is 11.7 Å². The highest BCUT2D eigenvalue weighted by Gasteiger charge is 2.27. The summed E-state index contributed by atoms with van der Waals surface area (Å²) in [6.07, 6.45) is 7.43. The van der Waals surface area contributed by atoms with Crippen molar-refractivity contribution >= 4 is 23.4 Å². The Morgan fingerprint density at radius 3 is 2.72 bits per heavy atom. The van der Waals surface area contributed by atoms with Gasteiger partial charge in [0, 0.05) is 17.8 Å². The van der Waals surface area contributed by atoms with Crippen LogP contribution in [0, 0.1) is 0 Å². The first kappa shape index (κ1) is 20.9. The Balaban J connectivity index is 1.33. The maximum Gasteiger partial charge on any atom is 0.237 e. The molecule has 1 saturated carbocycles. The third-order valence-electron chi connectivity index (χ3n) is 5.81. The van der Waals surface area contributed by atoms with Crippen LogP contribution in [0.15, 0.2) is 46.2 Å². The number of nitrogens with zero attached hydrogens (tertiary/aromatic N) is 3. The van der Waals surface area contributed by atoms with Gasteiger partial charge in [-0.15, -0.1) is 10.2 Å². The van der Waals surface area contributed by atoms with E-state index in [1.807, 2.05) is 31.2 Å². The predicted molar refractivity (Wildman–Crippen MR) is 121 cm³/mol. The quantitative estimate of drug-likeness (QED) is 0.528. The monoisotopic (exact) mass is 454 g/mol. The highest BCUT2D eigenvalue weighted by atomic mass is 32.2. The van der Waals surface area contributed by atoms with Gasteiger partial charge in [0.15, 0.2) is 22.4 Å². The highest BCUT2D eigenvalue weighted by molar-refractivity contribution is 8.00. The third-order valence-corrected chi connectivity index (χ3v) is 6.86. The summed E-state index contributed by atoms with van der Waals surface area (Å²) in [5.41, 5.74) is 0.678. The van der Waals surface area contributed by atoms with E-state index in [-0.39, 0.29) is 11.2 Å². The number of hydrogen-bond acceptors (Lipinski definition) is 7. The molecule has 8 nitrogen and oxygen atoms in total. The molecule has 2 aromatic heterocycles. The number of nitrogens with one attached hydrogen (secondary N) is 1. The number of thioether (sulfide) groups is 1. The van der Waals surface area contributed by atoms with Crippen molar-refractivity contribution in [2.75, 3.05) is 18.5 Å². The van der Waals surface area contributed by atoms with E-state index in [1.165, 1.54) is 31.0 Å². The van der Waals surface area contributed by atoms with Gasteiger partial charge < -0.3 is 19.2 Å². The van der Waals surface area contributed by atoms with Crippen LogP contribution in [0.3, 0.4) is 0 Å². The lowest BCUT2D eigenvalue weighted by Crippen LogP contribution is -2.24. The lowest BCUT2D eigenvalue weighted by Gasteiger charge is -2.25. The second kappa shape index (κ2) is 9.28. The molecule has 3 aromatic rings. The first-order valence-electron chi connectivity index (χ1n) is 11.0. The van der Waals surface area contributed by atoms with Crippen LogP contribution >= 0.6 is 11.8 Å². The minimum atomic E-state index is -0.362. The number of furan rings is 1. The van der Waals surface area contributed by atoms with E-state index in [1.54, 1.807) is 12.3 Å². The van der Waals surface area contributed by atoms with Crippen molar-refractivity contribution < 1.29 is 18.7 Å². The largest absolute Gasteiger partial charge is 0.486 e. The molecule has 1 N–H and O–H groups in total. The number of ether oxygens (including phenoxy) is 2. The topological polar surface area (TPSA) is 91.4 Å². The molecule has 2 aliphatic rings. The molecule has 0 saturated heterocycles. The number of hydrogen-bond donors (Lipinski definition) is 1. The second-order valence-electron chi connectivity index (χ2n) is 8.05. The lowest BCUT2D eigenvalue weighted by atomic mass is 9.95. The SMILES string of the molecule is C[C@H](Sc1nnc(-c2ccco2)n1C1CCCCC1)C(=O)Nc1ccc2c(c1)OCCO2. The molecule has 1 atom stereocenters. The number of benzene rings is 1. The van der Waals surface area contributed by atoms with E-state index in [0.717, 1.165) is 23.8 Å². The summed E-state index contributed by atoms with van der Waals surface area (Å²) in [7, 11) is 0. The van der Waals surface area contributed by atoms with Gasteiger partial charge in [0.05, 0.1) is 11.5 Å². The molecule has 1 amide bonds. The zero-order valence-corrected chi connectivity index (χ0v) is 18.8. The molecule has 32 heavy (non-hydrogen) atoms. The third kappa shape index (κ3) is 4.34. The van der Waals surface area contributed by atoms with E-state index < -0.39 is 0 Å². The van der Waals surface area contributed by atoms with Crippen molar-refractivity contribution in [3.05, 3.63) is 36.6 Å². The van der Waals surface area contributed by atoms with Crippen LogP contribution in [0.4, 0.5) is 5.69 Å². The molecular weight excluding hydrogens is 428 g/mol. The molecular formula is C23H26N4O4S. The Hall–Kier alpha value is -2.94. The van der Waals surface area contributed by atoms with Crippen molar-refractivity contribution in [3.63, 3.8) is 0 Å². The fourth-order valence-corrected chi connectivity index (χ4v) is 5.10. The molecule has 1 fully saturated rings. The van der Waals surface area contributed by atoms with Crippen LogP contribution in [0.1, 0.15) is 45.1 Å². The van der Waals surface area contributed by atoms with Crippen molar-refractivity contribution in [1.29, 1.82) is 0 Å². The van der Waals surface area contributed by atoms with Gasteiger partial charge in [0.1, 0.15) is 13.2 Å². The number of fused-ring (bicyclic) bond motifs is 1. The van der Waals surface area contributed by atoms with Crippen LogP contribution in [-0.2, 0) is 4.79 Å². The normalized spacial score (nSPS) is 17.2. The predicted octanol–water partition coefficient (Wildman–Crippen LogP) is 4.93. The smallest absolute Gasteiger partial charge is 0.237 e. The average molecular weight is 455 g/mol. The summed E-state index contributed by atoms with van der Waals surface area (Å²) in [5.74, 6) is 2.66. The van der Waals surface area contributed by atoms with E-state index in [9.17, 15) is 4.79 Å². The van der Waals surface area contributed by atoms with Crippen LogP contribution in [0.2, 0.25) is 0 Å². The first-order valence-corrected chi connectivity index (χ1v) is 11.9. The Kier molecular flexibility index (Phi) is 6.07. The van der Waals surface area contributed by atoms with E-state index in [2.05, 4.69) is 20.1 Å². The number of carbonyl (C=O) groups is 1. The molecule has 1 aromatic carbocycles. The maximum atomic E-state index is 12.9. The molecule has 0 unspecified atom stereocenters. The Morgan fingerprint density at radius 1 is 1.12 bits per heavy atom. The van der Waals surface area contributed by atoms with Gasteiger partial charge in [0.25, 0.3) is 0 Å². The minimum Gasteiger partial charge on any atom is -0.486 e. The fourth-order valence-electron chi connectivity index (χ4n) is 4.18. The van der Waals surface area contributed by atoms with Gasteiger partial charge in [-0.25, -0.2) is 0 Å². The van der Waals surface area contributed by atoms with Gasteiger partial charge in [-0.3, -0.25) is 9.36 Å². The van der Waals surface area contributed by atoms with E-state index in [0.29, 0.717) is 42.2 Å². The second-order valence-corrected chi connectivity index (χ2v) is 9.36. The van der Waals surface area contributed by atoms with Crippen molar-refractivity contribution in [1.82, 2.24) is 14.8 Å². The fraction of sp³-hybridized carbons (Fsp3) is 0.435. The van der Waals surface area contributed by atoms with Crippen molar-refractivity contribution in [2.24, 2.45) is 0 Å². The van der Waals surface area contributed by atoms with Gasteiger partial charge >= 0.3 is 0 Å². The van der Waals surface area contributed by atoms with Crippen molar-refractivity contribution in [3.8, 4) is 23.1 Å². The maximum absolute atomic E-state index is 12.9. The summed E-state index contributed by atoms with van der Waals surface area (Å²) in [5, 5.41) is 12.2. The minimum absolute atomic E-state index is 0.107. The summed E-state index contributed by atoms with van der Waals surface area (Å²) in [4.78, 5) is 12.9. The first-order chi connectivity index (χ1) is 15.7. The molecule has 3 heterocycles. The van der Waals surface area contributed by atoms with Crippen LogP contribution < -0.4 is 14.8 Å². The summed E-state index contributed by atoms with van der Waals surface area (Å²) < 4.78 is 18.9. The molecule has 0 spiro atoms. The van der Waals surface area contributed by atoms with Crippen LogP contribution in [0.25, 0.3) is 11.6 Å². The van der Waals surface area contributed by atoms with Gasteiger partial charge in [-0.1, -0.05) is 31.0 Å². The van der Waals surface area contributed by atoms with Crippen LogP contribution in [0.5, 0.6) is 11.5 Å². The standard InChI is InChI=1S/C23H26N4O4S/c1-15(22(28)24-16-9-10-18-20(14-16)31-13-12-30-18)32-23-26-25-21(19-8-5-11-29-19)27(23)17-6-3-2-4-7-17/h5,8-11,14-15,17H,2-4,6-7,12-13H2,1H3,(H,24,28)/t15-/m0/s1. The average Bonchev–Trinajstić information content (AvgIpc) is 3.49. The number of anilines is 1. The molecule has 9 heteroatoms. The van der Waals surface area contributed by atoms with E-state index in [4.69, 9.17) is 13.9 Å². The molecule has 1 aliphatic heterocycles. The zero-order valence-electron chi connectivity index (χ0n) is 18.0. The summed E-state index contributed by atoms with van der Waals surface area (Å²) >= 11 is 1.42. The Bertz CT molecular complexity index is 1080. The van der Waals surface area contributed by atoms with Gasteiger partial charge in [-0.2, -0.15) is 0 Å². The Labute approximate surface area is 190 Å². The number of rotatable bonds is 6. The Morgan fingerprint density at radius 2 is 1.94 bits per heavy atom. The highest BCUT2D eigenvalue weighted by Crippen LogP contribution is 2.37. The lowest BCUT2D eigenvalue weighted by molar-refractivity contribution is -0.115. The molecule has 0 bridgehead atoms. The van der Waals surface area contributed by atoms with E-state index >= 15 is 0 Å². The zero-order chi connectivity index (χ0) is 21.9. The number of carbonyl (C=O) groups excluding carboxylic acids is 1. The molecule has 1 aliphatic carbocycles. The molecule has 0 radical (unpaired) electrons. The summed E-state index contributed by atoms with van der Waals surface area (Å²) in [6, 6.07) is 9.50. The molecule has 5 rings (SSSR count). The van der Waals surface area contributed by atoms with Crippen LogP contribution in [-0.4, -0.2) is 39.1 Å². The van der Waals surface area contributed by atoms with Gasteiger partial charge in [-0.05, 0) is 44.0 Å². The molecule has 168 valence electrons.